The van der Waals surface area contributed by atoms with E-state index in [2.05, 4.69) is 0 Å². The van der Waals surface area contributed by atoms with E-state index in [0.717, 1.165) is 17.7 Å². The first-order chi connectivity index (χ1) is 8.43. The Morgan fingerprint density at radius 3 is 2.67 bits per heavy atom. The Morgan fingerprint density at radius 1 is 1.33 bits per heavy atom. The lowest BCUT2D eigenvalue weighted by atomic mass is 10.0. The molecule has 0 N–H and O–H groups in total. The quantitative estimate of drug-likeness (QED) is 0.802. The van der Waals surface area contributed by atoms with Crippen LogP contribution in [0.2, 0.25) is 0 Å². The molecule has 1 amide bonds. The van der Waals surface area contributed by atoms with Crippen LogP contribution in [0.4, 0.5) is 5.69 Å². The van der Waals surface area contributed by atoms with Crippen molar-refractivity contribution in [1.82, 2.24) is 0 Å². The van der Waals surface area contributed by atoms with Crippen molar-refractivity contribution >= 4 is 31.3 Å². The minimum Gasteiger partial charge on any atom is -0.312 e. The van der Waals surface area contributed by atoms with Gasteiger partial charge in [0.1, 0.15) is 0 Å². The van der Waals surface area contributed by atoms with Crippen LogP contribution in [0.15, 0.2) is 23.1 Å². The van der Waals surface area contributed by atoms with Gasteiger partial charge < -0.3 is 4.90 Å². The summed E-state index contributed by atoms with van der Waals surface area (Å²) in [6, 6.07) is 4.67. The highest BCUT2D eigenvalue weighted by atomic mass is 35.7. The minimum atomic E-state index is -3.71. The van der Waals surface area contributed by atoms with Gasteiger partial charge in [0, 0.05) is 29.3 Å². The van der Waals surface area contributed by atoms with Crippen molar-refractivity contribution in [2.45, 2.75) is 31.1 Å². The fourth-order valence-electron chi connectivity index (χ4n) is 2.16. The lowest BCUT2D eigenvalue weighted by Crippen LogP contribution is -2.35. The van der Waals surface area contributed by atoms with Gasteiger partial charge in [0.25, 0.3) is 9.05 Å². The van der Waals surface area contributed by atoms with Crippen molar-refractivity contribution in [2.24, 2.45) is 0 Å². The topological polar surface area (TPSA) is 54.5 Å². The van der Waals surface area contributed by atoms with Gasteiger partial charge in [-0.15, -0.1) is 0 Å². The van der Waals surface area contributed by atoms with Crippen LogP contribution in [0.25, 0.3) is 0 Å². The van der Waals surface area contributed by atoms with E-state index in [1.807, 2.05) is 6.92 Å². The van der Waals surface area contributed by atoms with Gasteiger partial charge in [-0.25, -0.2) is 8.42 Å². The lowest BCUT2D eigenvalue weighted by molar-refractivity contribution is -0.118. The molecule has 0 spiro atoms. The SMILES string of the molecule is CCCN1C(=O)CCc2cc(S(=O)(=O)Cl)ccc21. The first-order valence-corrected chi connectivity index (χ1v) is 8.12. The number of carbonyl (C=O) groups excluding carboxylic acids is 1. The number of hydrogen-bond acceptors (Lipinski definition) is 3. The molecule has 0 aliphatic carbocycles. The summed E-state index contributed by atoms with van der Waals surface area (Å²) in [5, 5.41) is 0. The number of nitrogens with zero attached hydrogens (tertiary/aromatic N) is 1. The zero-order valence-electron chi connectivity index (χ0n) is 10.0. The van der Waals surface area contributed by atoms with Crippen molar-refractivity contribution in [3.8, 4) is 0 Å². The van der Waals surface area contributed by atoms with E-state index in [-0.39, 0.29) is 10.8 Å². The molecule has 0 radical (unpaired) electrons. The van der Waals surface area contributed by atoms with Crippen LogP contribution in [-0.2, 0) is 20.3 Å². The van der Waals surface area contributed by atoms with Crippen molar-refractivity contribution in [3.63, 3.8) is 0 Å². The standard InChI is InChI=1S/C12H14ClNO3S/c1-2-7-14-11-5-4-10(18(13,16)17)8-9(11)3-6-12(14)15/h4-5,8H,2-3,6-7H2,1H3. The number of halogens is 1. The average Bonchev–Trinajstić information content (AvgIpc) is 2.31. The molecule has 4 nitrogen and oxygen atoms in total. The van der Waals surface area contributed by atoms with E-state index in [1.165, 1.54) is 6.07 Å². The molecule has 1 aliphatic rings. The van der Waals surface area contributed by atoms with Gasteiger partial charge in [0.2, 0.25) is 5.91 Å². The van der Waals surface area contributed by atoms with Gasteiger partial charge in [-0.05, 0) is 36.6 Å². The predicted octanol–water partition coefficient (Wildman–Crippen LogP) is 2.30. The van der Waals surface area contributed by atoms with E-state index in [0.29, 0.717) is 19.4 Å². The third-order valence-electron chi connectivity index (χ3n) is 2.98. The van der Waals surface area contributed by atoms with Gasteiger partial charge >= 0.3 is 0 Å². The maximum Gasteiger partial charge on any atom is 0.261 e. The van der Waals surface area contributed by atoms with E-state index in [1.54, 1.807) is 17.0 Å². The highest BCUT2D eigenvalue weighted by Gasteiger charge is 2.24. The molecule has 2 rings (SSSR count). The average molecular weight is 288 g/mol. The summed E-state index contributed by atoms with van der Waals surface area (Å²) < 4.78 is 22.6. The predicted molar refractivity (Wildman–Crippen MR) is 70.4 cm³/mol. The van der Waals surface area contributed by atoms with E-state index >= 15 is 0 Å². The number of anilines is 1. The van der Waals surface area contributed by atoms with Crippen molar-refractivity contribution in [1.29, 1.82) is 0 Å². The highest BCUT2D eigenvalue weighted by Crippen LogP contribution is 2.31. The Kier molecular flexibility index (Phi) is 3.64. The number of rotatable bonds is 3. The molecule has 1 heterocycles. The molecule has 0 bridgehead atoms. The summed E-state index contributed by atoms with van der Waals surface area (Å²) in [5.41, 5.74) is 1.67. The van der Waals surface area contributed by atoms with Crippen LogP contribution in [0, 0.1) is 0 Å². The zero-order valence-corrected chi connectivity index (χ0v) is 11.6. The van der Waals surface area contributed by atoms with Crippen LogP contribution in [0.5, 0.6) is 0 Å². The van der Waals surface area contributed by atoms with Gasteiger partial charge in [-0.3, -0.25) is 4.79 Å². The van der Waals surface area contributed by atoms with Crippen molar-refractivity contribution in [3.05, 3.63) is 23.8 Å². The third-order valence-corrected chi connectivity index (χ3v) is 4.33. The number of fused-ring (bicyclic) bond motifs is 1. The molecule has 0 atom stereocenters. The van der Waals surface area contributed by atoms with Crippen LogP contribution < -0.4 is 4.90 Å². The summed E-state index contributed by atoms with van der Waals surface area (Å²) in [6.07, 6.45) is 1.84. The van der Waals surface area contributed by atoms with Gasteiger partial charge in [0.15, 0.2) is 0 Å². The monoisotopic (exact) mass is 287 g/mol. The maximum atomic E-state index is 11.8. The fraction of sp³-hybridized carbons (Fsp3) is 0.417. The smallest absolute Gasteiger partial charge is 0.261 e. The third kappa shape index (κ3) is 2.52. The molecule has 6 heteroatoms. The fourth-order valence-corrected chi connectivity index (χ4v) is 2.96. The summed E-state index contributed by atoms with van der Waals surface area (Å²) in [5.74, 6) is 0.0887. The molecular formula is C12H14ClNO3S. The summed E-state index contributed by atoms with van der Waals surface area (Å²) in [4.78, 5) is 13.6. The summed E-state index contributed by atoms with van der Waals surface area (Å²) in [7, 11) is 1.61. The van der Waals surface area contributed by atoms with E-state index in [4.69, 9.17) is 10.7 Å². The Balaban J connectivity index is 2.46. The largest absolute Gasteiger partial charge is 0.312 e. The molecule has 18 heavy (non-hydrogen) atoms. The van der Waals surface area contributed by atoms with Crippen molar-refractivity contribution in [2.75, 3.05) is 11.4 Å². The molecule has 0 fully saturated rings. The maximum absolute atomic E-state index is 11.8. The number of benzene rings is 1. The molecular weight excluding hydrogens is 274 g/mol. The number of aryl methyl sites for hydroxylation is 1. The first kappa shape index (κ1) is 13.4. The lowest BCUT2D eigenvalue weighted by Gasteiger charge is -2.29. The van der Waals surface area contributed by atoms with Gasteiger partial charge in [0.05, 0.1) is 4.90 Å². The van der Waals surface area contributed by atoms with Crippen molar-refractivity contribution < 1.29 is 13.2 Å². The number of carbonyl (C=O) groups is 1. The Bertz CT molecular complexity index is 583. The minimum absolute atomic E-state index is 0.0887. The molecule has 1 aliphatic heterocycles. The second kappa shape index (κ2) is 4.90. The number of hydrogen-bond donors (Lipinski definition) is 0. The van der Waals surface area contributed by atoms with Crippen LogP contribution >= 0.6 is 10.7 Å². The second-order valence-electron chi connectivity index (χ2n) is 4.27. The van der Waals surface area contributed by atoms with Gasteiger partial charge in [-0.2, -0.15) is 0 Å². The molecule has 1 aromatic rings. The Hall–Kier alpha value is -1.07. The van der Waals surface area contributed by atoms with Crippen LogP contribution in [0.3, 0.4) is 0 Å². The summed E-state index contributed by atoms with van der Waals surface area (Å²) >= 11 is 0. The molecule has 0 saturated heterocycles. The Labute approximate surface area is 111 Å². The highest BCUT2D eigenvalue weighted by molar-refractivity contribution is 8.13. The normalized spacial score (nSPS) is 15.7. The van der Waals surface area contributed by atoms with Gasteiger partial charge in [-0.1, -0.05) is 6.92 Å². The second-order valence-corrected chi connectivity index (χ2v) is 6.84. The molecule has 0 saturated carbocycles. The summed E-state index contributed by atoms with van der Waals surface area (Å²) in [6.45, 7) is 2.65. The van der Waals surface area contributed by atoms with E-state index < -0.39 is 9.05 Å². The van der Waals surface area contributed by atoms with E-state index in [9.17, 15) is 13.2 Å². The molecule has 98 valence electrons. The Morgan fingerprint density at radius 2 is 2.06 bits per heavy atom. The molecule has 0 unspecified atom stereocenters. The van der Waals surface area contributed by atoms with Crippen LogP contribution in [-0.4, -0.2) is 20.9 Å². The number of amides is 1. The molecule has 0 aromatic heterocycles. The zero-order chi connectivity index (χ0) is 13.3. The van der Waals surface area contributed by atoms with Crippen LogP contribution in [0.1, 0.15) is 25.3 Å². The molecule has 1 aromatic carbocycles. The first-order valence-electron chi connectivity index (χ1n) is 5.81.